The summed E-state index contributed by atoms with van der Waals surface area (Å²) in [5, 5.41) is 1.02. The molecule has 0 fully saturated rings. The third-order valence-electron chi connectivity index (χ3n) is 3.21. The fourth-order valence-corrected chi connectivity index (χ4v) is 3.08. The molecule has 21 heavy (non-hydrogen) atoms. The monoisotopic (exact) mass is 296 g/mol. The maximum absolute atomic E-state index is 4.78. The molecule has 3 rings (SSSR count). The van der Waals surface area contributed by atoms with Crippen LogP contribution in [0.4, 0.5) is 5.13 Å². The van der Waals surface area contributed by atoms with E-state index in [4.69, 9.17) is 4.98 Å². The molecule has 2 aromatic carbocycles. The Morgan fingerprint density at radius 3 is 2.19 bits per heavy atom. The lowest BCUT2D eigenvalue weighted by Gasteiger charge is -1.99. The zero-order valence-corrected chi connectivity index (χ0v) is 13.0. The van der Waals surface area contributed by atoms with Gasteiger partial charge in [0.25, 0.3) is 0 Å². The topological polar surface area (TPSA) is 20.0 Å². The largest absolute Gasteiger partial charge is 0.345 e. The lowest BCUT2D eigenvalue weighted by atomic mass is 10.2. The highest BCUT2D eigenvalue weighted by Gasteiger charge is 2.23. The fraction of sp³-hybridized carbons (Fsp3) is 0.176. The highest BCUT2D eigenvalue weighted by Crippen LogP contribution is 2.21. The van der Waals surface area contributed by atoms with Gasteiger partial charge in [-0.15, -0.1) is 0 Å². The Hall–Kier alpha value is -2.20. The molecule has 0 aliphatic carbocycles. The first kappa shape index (κ1) is 13.8. The second-order valence-electron chi connectivity index (χ2n) is 5.09. The lowest BCUT2D eigenvalue weighted by molar-refractivity contribution is -0.610. The summed E-state index contributed by atoms with van der Waals surface area (Å²) in [5.41, 5.74) is 2.44. The van der Waals surface area contributed by atoms with Gasteiger partial charge in [-0.25, -0.2) is 0 Å². The van der Waals surface area contributed by atoms with E-state index in [1.807, 2.05) is 26.2 Å². The third kappa shape index (κ3) is 3.11. The molecule has 0 bridgehead atoms. The molecular formula is C17H18N3S+. The number of benzene rings is 2. The van der Waals surface area contributed by atoms with Crippen LogP contribution in [0.3, 0.4) is 0 Å². The van der Waals surface area contributed by atoms with Crippen LogP contribution in [0.25, 0.3) is 11.4 Å². The van der Waals surface area contributed by atoms with Crippen LogP contribution in [0.2, 0.25) is 0 Å². The Bertz CT molecular complexity index is 705. The summed E-state index contributed by atoms with van der Waals surface area (Å²) in [6.45, 7) is 0.844. The molecule has 106 valence electrons. The van der Waals surface area contributed by atoms with Gasteiger partial charge in [0, 0.05) is 14.1 Å². The van der Waals surface area contributed by atoms with Crippen molar-refractivity contribution < 1.29 is 3.96 Å². The van der Waals surface area contributed by atoms with E-state index in [1.165, 1.54) is 5.56 Å². The normalized spacial score (nSPS) is 10.6. The van der Waals surface area contributed by atoms with Gasteiger partial charge < -0.3 is 4.90 Å². The molecule has 1 aromatic heterocycles. The Morgan fingerprint density at radius 1 is 0.952 bits per heavy atom. The number of nitrogens with zero attached hydrogens (tertiary/aromatic N) is 3. The van der Waals surface area contributed by atoms with E-state index < -0.39 is 0 Å². The van der Waals surface area contributed by atoms with Crippen LogP contribution in [-0.2, 0) is 6.54 Å². The second-order valence-corrected chi connectivity index (χ2v) is 6.08. The summed E-state index contributed by atoms with van der Waals surface area (Å²) in [6.07, 6.45) is 0. The van der Waals surface area contributed by atoms with Crippen LogP contribution < -0.4 is 8.86 Å². The predicted octanol–water partition coefficient (Wildman–Crippen LogP) is 3.21. The first-order valence-electron chi connectivity index (χ1n) is 6.92. The van der Waals surface area contributed by atoms with Gasteiger partial charge in [-0.1, -0.05) is 48.5 Å². The van der Waals surface area contributed by atoms with Gasteiger partial charge in [-0.3, -0.25) is 0 Å². The van der Waals surface area contributed by atoms with Crippen LogP contribution in [0.5, 0.6) is 0 Å². The van der Waals surface area contributed by atoms with E-state index in [0.29, 0.717) is 0 Å². The number of hydrogen-bond donors (Lipinski definition) is 0. The highest BCUT2D eigenvalue weighted by atomic mass is 32.1. The zero-order chi connectivity index (χ0) is 14.7. The van der Waals surface area contributed by atoms with Crippen molar-refractivity contribution in [1.29, 1.82) is 0 Å². The molecule has 0 unspecified atom stereocenters. The van der Waals surface area contributed by atoms with E-state index in [2.05, 4.69) is 57.4 Å². The smallest absolute Gasteiger partial charge is 0.331 e. The van der Waals surface area contributed by atoms with Gasteiger partial charge in [-0.05, 0) is 22.7 Å². The second kappa shape index (κ2) is 6.06. The quantitative estimate of drug-likeness (QED) is 0.689. The first-order chi connectivity index (χ1) is 10.2. The summed E-state index contributed by atoms with van der Waals surface area (Å²) in [7, 11) is 4.06. The Labute approximate surface area is 129 Å². The van der Waals surface area contributed by atoms with Crippen molar-refractivity contribution in [2.75, 3.05) is 19.0 Å². The molecule has 0 aliphatic rings. The molecule has 1 heterocycles. The third-order valence-corrected chi connectivity index (χ3v) is 4.36. The average molecular weight is 296 g/mol. The molecule has 0 aliphatic heterocycles. The molecule has 4 heteroatoms. The molecule has 0 spiro atoms. The van der Waals surface area contributed by atoms with Gasteiger partial charge in [-0.2, -0.15) is 3.96 Å². The minimum absolute atomic E-state index is 0.844. The number of hydrogen-bond acceptors (Lipinski definition) is 3. The highest BCUT2D eigenvalue weighted by molar-refractivity contribution is 7.06. The van der Waals surface area contributed by atoms with Gasteiger partial charge in [0.15, 0.2) is 0 Å². The molecule has 0 amide bonds. The summed E-state index contributed by atoms with van der Waals surface area (Å²) in [6, 6.07) is 20.8. The molecule has 0 N–H and O–H groups in total. The maximum atomic E-state index is 4.78. The fourth-order valence-electron chi connectivity index (χ4n) is 2.14. The lowest BCUT2D eigenvalue weighted by Crippen LogP contribution is -2.31. The first-order valence-corrected chi connectivity index (χ1v) is 7.69. The van der Waals surface area contributed by atoms with E-state index in [1.54, 1.807) is 11.5 Å². The minimum Gasteiger partial charge on any atom is -0.331 e. The van der Waals surface area contributed by atoms with Crippen molar-refractivity contribution >= 4 is 16.7 Å². The van der Waals surface area contributed by atoms with Crippen molar-refractivity contribution in [3.8, 4) is 11.4 Å². The van der Waals surface area contributed by atoms with Crippen molar-refractivity contribution in [2.45, 2.75) is 6.54 Å². The predicted molar refractivity (Wildman–Crippen MR) is 87.6 cm³/mol. The number of rotatable bonds is 4. The molecule has 3 nitrogen and oxygen atoms in total. The van der Waals surface area contributed by atoms with Gasteiger partial charge in [0.1, 0.15) is 18.1 Å². The van der Waals surface area contributed by atoms with Gasteiger partial charge in [0.2, 0.25) is 0 Å². The van der Waals surface area contributed by atoms with Gasteiger partial charge in [0.05, 0.1) is 5.56 Å². The Kier molecular flexibility index (Phi) is 3.97. The number of anilines is 1. The van der Waals surface area contributed by atoms with E-state index in [9.17, 15) is 0 Å². The average Bonchev–Trinajstić information content (AvgIpc) is 2.93. The summed E-state index contributed by atoms with van der Waals surface area (Å²) < 4.78 is 2.25. The van der Waals surface area contributed by atoms with Crippen LogP contribution in [0.1, 0.15) is 5.56 Å². The summed E-state index contributed by atoms with van der Waals surface area (Å²) in [5.74, 6) is 1.02. The standard InChI is InChI=1S/C17H18N3S/c1-19(2)17-18-16(15-11-7-4-8-12-15)20(21-17)13-14-9-5-3-6-10-14/h3-12H,13H2,1-2H3/q+1. The van der Waals surface area contributed by atoms with Crippen molar-refractivity contribution in [3.05, 3.63) is 66.2 Å². The molecule has 0 saturated carbocycles. The summed E-state index contributed by atoms with van der Waals surface area (Å²) in [4.78, 5) is 6.84. The molecular weight excluding hydrogens is 278 g/mol. The summed E-state index contributed by atoms with van der Waals surface area (Å²) >= 11 is 1.69. The van der Waals surface area contributed by atoms with Crippen LogP contribution >= 0.6 is 11.5 Å². The van der Waals surface area contributed by atoms with E-state index >= 15 is 0 Å². The molecule has 0 radical (unpaired) electrons. The molecule has 0 atom stereocenters. The SMILES string of the molecule is CN(C)c1nc(-c2ccccc2)[n+](Cc2ccccc2)s1. The molecule has 3 aromatic rings. The van der Waals surface area contributed by atoms with Crippen molar-refractivity contribution in [2.24, 2.45) is 0 Å². The van der Waals surface area contributed by atoms with Crippen LogP contribution in [0, 0.1) is 0 Å². The van der Waals surface area contributed by atoms with Crippen molar-refractivity contribution in [3.63, 3.8) is 0 Å². The Balaban J connectivity index is 2.02. The Morgan fingerprint density at radius 2 is 1.57 bits per heavy atom. The zero-order valence-electron chi connectivity index (χ0n) is 12.2. The maximum Gasteiger partial charge on any atom is 0.345 e. The van der Waals surface area contributed by atoms with Crippen molar-refractivity contribution in [1.82, 2.24) is 4.98 Å². The number of aromatic nitrogens is 2. The van der Waals surface area contributed by atoms with Crippen LogP contribution in [-0.4, -0.2) is 19.1 Å². The van der Waals surface area contributed by atoms with Crippen LogP contribution in [0.15, 0.2) is 60.7 Å². The van der Waals surface area contributed by atoms with Gasteiger partial charge >= 0.3 is 11.0 Å². The van der Waals surface area contributed by atoms with E-state index in [0.717, 1.165) is 23.1 Å². The minimum atomic E-state index is 0.844. The van der Waals surface area contributed by atoms with E-state index in [-0.39, 0.29) is 0 Å². The molecule has 0 saturated heterocycles.